The first-order chi connectivity index (χ1) is 8.47. The van der Waals surface area contributed by atoms with Gasteiger partial charge in [0.05, 0.1) is 5.92 Å². The molecule has 0 spiro atoms. The molecule has 0 aliphatic carbocycles. The van der Waals surface area contributed by atoms with Gasteiger partial charge in [-0.15, -0.1) is 0 Å². The highest BCUT2D eigenvalue weighted by Crippen LogP contribution is 2.18. The summed E-state index contributed by atoms with van der Waals surface area (Å²) in [4.78, 5) is 10.8. The molecular formula is C10H21N3O4S. The number of hydrogen-bond donors (Lipinski definition) is 3. The number of carboxylic acid groups (broad SMARTS) is 1. The third-order valence-electron chi connectivity index (χ3n) is 3.03. The van der Waals surface area contributed by atoms with E-state index >= 15 is 0 Å². The van der Waals surface area contributed by atoms with Gasteiger partial charge < -0.3 is 10.4 Å². The predicted octanol–water partition coefficient (Wildman–Crippen LogP) is -0.773. The zero-order valence-electron chi connectivity index (χ0n) is 10.6. The van der Waals surface area contributed by atoms with Gasteiger partial charge in [0.2, 0.25) is 0 Å². The van der Waals surface area contributed by atoms with E-state index in [0.717, 1.165) is 13.0 Å². The Morgan fingerprint density at radius 2 is 1.94 bits per heavy atom. The van der Waals surface area contributed by atoms with E-state index in [1.165, 1.54) is 4.31 Å². The van der Waals surface area contributed by atoms with Crippen LogP contribution in [0.15, 0.2) is 0 Å². The summed E-state index contributed by atoms with van der Waals surface area (Å²) in [5.41, 5.74) is 0. The van der Waals surface area contributed by atoms with Crippen LogP contribution in [-0.4, -0.2) is 57.0 Å². The van der Waals surface area contributed by atoms with Crippen LogP contribution in [0.25, 0.3) is 0 Å². The molecule has 0 radical (unpaired) electrons. The molecule has 0 unspecified atom stereocenters. The Bertz CT molecular complexity index is 363. The average molecular weight is 279 g/mol. The molecule has 1 rings (SSSR count). The van der Waals surface area contributed by atoms with Crippen molar-refractivity contribution in [1.82, 2.24) is 14.3 Å². The second-order valence-corrected chi connectivity index (χ2v) is 6.12. The van der Waals surface area contributed by atoms with Crippen LogP contribution in [0.5, 0.6) is 0 Å². The summed E-state index contributed by atoms with van der Waals surface area (Å²) < 4.78 is 27.6. The van der Waals surface area contributed by atoms with E-state index in [9.17, 15) is 13.2 Å². The number of piperidine rings is 1. The van der Waals surface area contributed by atoms with Gasteiger partial charge in [0.1, 0.15) is 0 Å². The topological polar surface area (TPSA) is 98.7 Å². The Labute approximate surface area is 108 Å². The van der Waals surface area contributed by atoms with E-state index in [-0.39, 0.29) is 13.1 Å². The van der Waals surface area contributed by atoms with Crippen molar-refractivity contribution in [3.63, 3.8) is 0 Å². The minimum Gasteiger partial charge on any atom is -0.481 e. The highest BCUT2D eigenvalue weighted by molar-refractivity contribution is 7.87. The Kier molecular flexibility index (Phi) is 6.00. The maximum atomic E-state index is 11.9. The standard InChI is InChI=1S/C10H21N3O4S/c1-11-5-2-6-12-18(16,17)13-7-3-9(4-8-13)10(14)15/h9,11-12H,2-8H2,1H3,(H,14,15). The van der Waals surface area contributed by atoms with Crippen molar-refractivity contribution in [3.05, 3.63) is 0 Å². The van der Waals surface area contributed by atoms with E-state index < -0.39 is 22.1 Å². The van der Waals surface area contributed by atoms with Crippen molar-refractivity contribution in [2.45, 2.75) is 19.3 Å². The molecule has 0 saturated carbocycles. The van der Waals surface area contributed by atoms with Crippen molar-refractivity contribution in [2.75, 3.05) is 33.2 Å². The van der Waals surface area contributed by atoms with Gasteiger partial charge in [-0.3, -0.25) is 4.79 Å². The predicted molar refractivity (Wildman–Crippen MR) is 67.4 cm³/mol. The lowest BCUT2D eigenvalue weighted by Gasteiger charge is -2.29. The number of hydrogen-bond acceptors (Lipinski definition) is 4. The Morgan fingerprint density at radius 3 is 2.44 bits per heavy atom. The quantitative estimate of drug-likeness (QED) is 0.531. The summed E-state index contributed by atoms with van der Waals surface area (Å²) in [7, 11) is -1.64. The number of carboxylic acids is 1. The first-order valence-electron chi connectivity index (χ1n) is 6.09. The molecule has 0 aromatic heterocycles. The van der Waals surface area contributed by atoms with Crippen LogP contribution >= 0.6 is 0 Å². The van der Waals surface area contributed by atoms with Crippen molar-refractivity contribution in [2.24, 2.45) is 5.92 Å². The van der Waals surface area contributed by atoms with E-state index in [2.05, 4.69) is 10.0 Å². The molecule has 0 bridgehead atoms. The van der Waals surface area contributed by atoms with Crippen molar-refractivity contribution in [1.29, 1.82) is 0 Å². The normalized spacial score (nSPS) is 18.9. The molecule has 0 aromatic carbocycles. The van der Waals surface area contributed by atoms with Crippen LogP contribution in [0, 0.1) is 5.92 Å². The van der Waals surface area contributed by atoms with Gasteiger partial charge in [-0.05, 0) is 32.9 Å². The second-order valence-electron chi connectivity index (χ2n) is 4.37. The number of nitrogens with zero attached hydrogens (tertiary/aromatic N) is 1. The van der Waals surface area contributed by atoms with Crippen LogP contribution in [0.3, 0.4) is 0 Å². The Balaban J connectivity index is 2.38. The van der Waals surface area contributed by atoms with Gasteiger partial charge in [-0.25, -0.2) is 4.72 Å². The average Bonchev–Trinajstić information content (AvgIpc) is 2.35. The zero-order chi connectivity index (χ0) is 13.6. The van der Waals surface area contributed by atoms with Crippen molar-refractivity contribution in [3.8, 4) is 0 Å². The maximum absolute atomic E-state index is 11.9. The number of aliphatic carboxylic acids is 1. The van der Waals surface area contributed by atoms with Crippen LogP contribution < -0.4 is 10.0 Å². The van der Waals surface area contributed by atoms with Crippen molar-refractivity contribution < 1.29 is 18.3 Å². The van der Waals surface area contributed by atoms with Crippen LogP contribution in [-0.2, 0) is 15.0 Å². The molecule has 3 N–H and O–H groups in total. The van der Waals surface area contributed by atoms with Crippen LogP contribution in [0.2, 0.25) is 0 Å². The summed E-state index contributed by atoms with van der Waals surface area (Å²) in [5.74, 6) is -1.25. The van der Waals surface area contributed by atoms with Gasteiger partial charge >= 0.3 is 5.97 Å². The Hall–Kier alpha value is -0.700. The molecule has 7 nitrogen and oxygen atoms in total. The van der Waals surface area contributed by atoms with Gasteiger partial charge in [-0.1, -0.05) is 0 Å². The number of carbonyl (C=O) groups is 1. The van der Waals surface area contributed by atoms with E-state index in [4.69, 9.17) is 5.11 Å². The minimum absolute atomic E-state index is 0.276. The fourth-order valence-electron chi connectivity index (χ4n) is 1.90. The molecular weight excluding hydrogens is 258 g/mol. The molecule has 0 aromatic rings. The summed E-state index contributed by atoms with van der Waals surface area (Å²) in [5, 5.41) is 11.8. The molecule has 0 atom stereocenters. The van der Waals surface area contributed by atoms with Gasteiger partial charge in [0, 0.05) is 19.6 Å². The molecule has 8 heteroatoms. The number of nitrogens with one attached hydrogen (secondary N) is 2. The Morgan fingerprint density at radius 1 is 1.33 bits per heavy atom. The van der Waals surface area contributed by atoms with Gasteiger partial charge in [-0.2, -0.15) is 12.7 Å². The van der Waals surface area contributed by atoms with Crippen LogP contribution in [0.4, 0.5) is 0 Å². The van der Waals surface area contributed by atoms with E-state index in [0.29, 0.717) is 19.4 Å². The second kappa shape index (κ2) is 7.03. The smallest absolute Gasteiger partial charge is 0.306 e. The fraction of sp³-hybridized carbons (Fsp3) is 0.900. The monoisotopic (exact) mass is 279 g/mol. The lowest BCUT2D eigenvalue weighted by Crippen LogP contribution is -2.46. The molecule has 1 fully saturated rings. The van der Waals surface area contributed by atoms with Crippen molar-refractivity contribution >= 4 is 16.2 Å². The first-order valence-corrected chi connectivity index (χ1v) is 7.53. The van der Waals surface area contributed by atoms with Crippen LogP contribution in [0.1, 0.15) is 19.3 Å². The zero-order valence-corrected chi connectivity index (χ0v) is 11.4. The highest BCUT2D eigenvalue weighted by Gasteiger charge is 2.30. The third-order valence-corrected chi connectivity index (χ3v) is 4.65. The summed E-state index contributed by atoms with van der Waals surface area (Å²) in [6.45, 7) is 1.70. The molecule has 1 heterocycles. The molecule has 106 valence electrons. The van der Waals surface area contributed by atoms with E-state index in [1.54, 1.807) is 0 Å². The SMILES string of the molecule is CNCCCNS(=O)(=O)N1CCC(C(=O)O)CC1. The number of rotatable bonds is 7. The summed E-state index contributed by atoms with van der Waals surface area (Å²) in [6.07, 6.45) is 1.49. The summed E-state index contributed by atoms with van der Waals surface area (Å²) >= 11 is 0. The maximum Gasteiger partial charge on any atom is 0.306 e. The van der Waals surface area contributed by atoms with E-state index in [1.807, 2.05) is 7.05 Å². The lowest BCUT2D eigenvalue weighted by atomic mass is 9.99. The fourth-order valence-corrected chi connectivity index (χ4v) is 3.18. The summed E-state index contributed by atoms with van der Waals surface area (Å²) in [6, 6.07) is 0. The molecule has 18 heavy (non-hydrogen) atoms. The van der Waals surface area contributed by atoms with Gasteiger partial charge in [0.25, 0.3) is 10.2 Å². The first kappa shape index (κ1) is 15.4. The largest absolute Gasteiger partial charge is 0.481 e. The molecule has 1 aliphatic heterocycles. The molecule has 1 saturated heterocycles. The third kappa shape index (κ3) is 4.52. The lowest BCUT2D eigenvalue weighted by molar-refractivity contribution is -0.142. The van der Waals surface area contributed by atoms with Gasteiger partial charge in [0.15, 0.2) is 0 Å². The molecule has 0 amide bonds. The minimum atomic E-state index is -3.45. The highest BCUT2D eigenvalue weighted by atomic mass is 32.2. The molecule has 1 aliphatic rings.